The van der Waals surface area contributed by atoms with Crippen molar-refractivity contribution in [2.45, 2.75) is 31.7 Å². The molecule has 0 unspecified atom stereocenters. The second-order valence-corrected chi connectivity index (χ2v) is 6.22. The van der Waals surface area contributed by atoms with Crippen molar-refractivity contribution in [1.29, 1.82) is 0 Å². The Labute approximate surface area is 92.4 Å². The number of nitrogens with two attached hydrogens (primary N) is 1. The lowest BCUT2D eigenvalue weighted by atomic mass is 9.93. The van der Waals surface area contributed by atoms with Crippen LogP contribution in [0.25, 0.3) is 0 Å². The van der Waals surface area contributed by atoms with Crippen molar-refractivity contribution >= 4 is 10.2 Å². The van der Waals surface area contributed by atoms with Gasteiger partial charge in [-0.15, -0.1) is 0 Å². The molecule has 0 spiro atoms. The van der Waals surface area contributed by atoms with Crippen molar-refractivity contribution in [2.24, 2.45) is 5.73 Å². The monoisotopic (exact) mass is 235 g/mol. The summed E-state index contributed by atoms with van der Waals surface area (Å²) in [5.74, 6) is 0. The van der Waals surface area contributed by atoms with Gasteiger partial charge in [0.05, 0.1) is 0 Å². The topological polar surface area (TPSA) is 66.6 Å². The lowest BCUT2D eigenvalue weighted by Crippen LogP contribution is -2.49. The molecule has 0 aromatic rings. The van der Waals surface area contributed by atoms with Crippen LogP contribution < -0.4 is 5.73 Å². The van der Waals surface area contributed by atoms with Gasteiger partial charge in [-0.1, -0.05) is 6.42 Å². The molecule has 0 amide bonds. The van der Waals surface area contributed by atoms with E-state index in [-0.39, 0.29) is 6.04 Å². The Hall–Kier alpha value is -0.170. The first kappa shape index (κ1) is 12.9. The third-order valence-electron chi connectivity index (χ3n) is 2.82. The van der Waals surface area contributed by atoms with E-state index in [1.54, 1.807) is 18.4 Å². The number of hydrogen-bond acceptors (Lipinski definition) is 3. The standard InChI is InChI=1S/C9H21N3O2S/c1-11(2)15(13,14)12(8-4-7-10)9-5-3-6-9/h9H,3-8,10H2,1-2H3. The van der Waals surface area contributed by atoms with Crippen LogP contribution in [0.3, 0.4) is 0 Å². The predicted molar refractivity (Wildman–Crippen MR) is 60.6 cm³/mol. The Morgan fingerprint density at radius 2 is 1.93 bits per heavy atom. The van der Waals surface area contributed by atoms with Gasteiger partial charge in [-0.05, 0) is 25.8 Å². The highest BCUT2D eigenvalue weighted by atomic mass is 32.2. The molecule has 0 saturated heterocycles. The van der Waals surface area contributed by atoms with Crippen LogP contribution in [0.15, 0.2) is 0 Å². The zero-order valence-corrected chi connectivity index (χ0v) is 10.3. The zero-order valence-electron chi connectivity index (χ0n) is 9.52. The molecular formula is C9H21N3O2S. The molecule has 0 aliphatic heterocycles. The SMILES string of the molecule is CN(C)S(=O)(=O)N(CCCN)C1CCC1. The van der Waals surface area contributed by atoms with Gasteiger partial charge in [0.25, 0.3) is 10.2 Å². The summed E-state index contributed by atoms with van der Waals surface area (Å²) in [4.78, 5) is 0. The quantitative estimate of drug-likeness (QED) is 0.704. The van der Waals surface area contributed by atoms with Crippen molar-refractivity contribution in [1.82, 2.24) is 8.61 Å². The largest absolute Gasteiger partial charge is 0.330 e. The molecule has 1 aliphatic rings. The van der Waals surface area contributed by atoms with E-state index < -0.39 is 10.2 Å². The summed E-state index contributed by atoms with van der Waals surface area (Å²) >= 11 is 0. The van der Waals surface area contributed by atoms with Gasteiger partial charge in [-0.25, -0.2) is 0 Å². The van der Waals surface area contributed by atoms with Crippen LogP contribution in [0.2, 0.25) is 0 Å². The Morgan fingerprint density at radius 3 is 2.27 bits per heavy atom. The highest BCUT2D eigenvalue weighted by Crippen LogP contribution is 2.27. The molecule has 0 heterocycles. The van der Waals surface area contributed by atoms with Crippen molar-refractivity contribution in [3.8, 4) is 0 Å². The van der Waals surface area contributed by atoms with Crippen LogP contribution >= 0.6 is 0 Å². The van der Waals surface area contributed by atoms with E-state index in [1.165, 1.54) is 4.31 Å². The fourth-order valence-corrected chi connectivity index (χ4v) is 2.98. The van der Waals surface area contributed by atoms with Gasteiger partial charge in [0.1, 0.15) is 0 Å². The molecule has 0 aromatic carbocycles. The average Bonchev–Trinajstić information content (AvgIpc) is 2.08. The van der Waals surface area contributed by atoms with Gasteiger partial charge in [-0.2, -0.15) is 17.0 Å². The van der Waals surface area contributed by atoms with Crippen LogP contribution in [0.4, 0.5) is 0 Å². The lowest BCUT2D eigenvalue weighted by molar-refractivity contribution is 0.209. The molecule has 0 atom stereocenters. The Morgan fingerprint density at radius 1 is 1.33 bits per heavy atom. The molecule has 5 nitrogen and oxygen atoms in total. The summed E-state index contributed by atoms with van der Waals surface area (Å²) in [7, 11) is -0.114. The number of rotatable bonds is 6. The van der Waals surface area contributed by atoms with Crippen molar-refractivity contribution < 1.29 is 8.42 Å². The molecule has 0 aromatic heterocycles. The van der Waals surface area contributed by atoms with E-state index in [2.05, 4.69) is 0 Å². The van der Waals surface area contributed by atoms with Crippen LogP contribution in [-0.2, 0) is 10.2 Å². The van der Waals surface area contributed by atoms with Crippen LogP contribution in [0, 0.1) is 0 Å². The van der Waals surface area contributed by atoms with E-state index in [4.69, 9.17) is 5.73 Å². The second-order valence-electron chi connectivity index (χ2n) is 4.13. The van der Waals surface area contributed by atoms with Crippen molar-refractivity contribution in [3.05, 3.63) is 0 Å². The third-order valence-corrected chi connectivity index (χ3v) is 4.82. The molecule has 2 N–H and O–H groups in total. The summed E-state index contributed by atoms with van der Waals surface area (Å²) < 4.78 is 26.8. The van der Waals surface area contributed by atoms with Crippen molar-refractivity contribution in [2.75, 3.05) is 27.2 Å². The third kappa shape index (κ3) is 2.90. The van der Waals surface area contributed by atoms with Gasteiger partial charge in [0.15, 0.2) is 0 Å². The van der Waals surface area contributed by atoms with E-state index >= 15 is 0 Å². The van der Waals surface area contributed by atoms with Crippen molar-refractivity contribution in [3.63, 3.8) is 0 Å². The number of nitrogens with zero attached hydrogens (tertiary/aromatic N) is 2. The van der Waals surface area contributed by atoms with Gasteiger partial charge in [0, 0.05) is 26.7 Å². The Bertz CT molecular complexity index is 286. The van der Waals surface area contributed by atoms with Gasteiger partial charge in [-0.3, -0.25) is 0 Å². The number of hydrogen-bond donors (Lipinski definition) is 1. The van der Waals surface area contributed by atoms with Gasteiger partial charge < -0.3 is 5.73 Å². The average molecular weight is 235 g/mol. The first-order chi connectivity index (χ1) is 7.00. The molecule has 0 bridgehead atoms. The lowest BCUT2D eigenvalue weighted by Gasteiger charge is -2.37. The second kappa shape index (κ2) is 5.25. The first-order valence-corrected chi connectivity index (χ1v) is 6.79. The summed E-state index contributed by atoms with van der Waals surface area (Å²) in [6.45, 7) is 1.08. The molecule has 15 heavy (non-hydrogen) atoms. The van der Waals surface area contributed by atoms with Crippen LogP contribution in [0.5, 0.6) is 0 Å². The maximum atomic E-state index is 12.0. The maximum Gasteiger partial charge on any atom is 0.281 e. The molecule has 90 valence electrons. The van der Waals surface area contributed by atoms with Gasteiger partial charge in [0.2, 0.25) is 0 Å². The molecule has 1 fully saturated rings. The molecule has 1 aliphatic carbocycles. The minimum Gasteiger partial charge on any atom is -0.330 e. The summed E-state index contributed by atoms with van der Waals surface area (Å²) in [5, 5.41) is 0. The smallest absolute Gasteiger partial charge is 0.281 e. The molecule has 1 saturated carbocycles. The maximum absolute atomic E-state index is 12.0. The zero-order chi connectivity index (χ0) is 11.5. The van der Waals surface area contributed by atoms with Crippen LogP contribution in [0.1, 0.15) is 25.7 Å². The summed E-state index contributed by atoms with van der Waals surface area (Å²) in [5.41, 5.74) is 5.42. The van der Waals surface area contributed by atoms with E-state index in [0.29, 0.717) is 13.1 Å². The fourth-order valence-electron chi connectivity index (χ4n) is 1.62. The minimum atomic E-state index is -3.26. The highest BCUT2D eigenvalue weighted by Gasteiger charge is 2.34. The fraction of sp³-hybridized carbons (Fsp3) is 1.00. The normalized spacial score (nSPS) is 18.5. The highest BCUT2D eigenvalue weighted by molar-refractivity contribution is 7.86. The predicted octanol–water partition coefficient (Wildman–Crippen LogP) is -0.00390. The Kier molecular flexibility index (Phi) is 4.51. The van der Waals surface area contributed by atoms with E-state index in [9.17, 15) is 8.42 Å². The van der Waals surface area contributed by atoms with E-state index in [0.717, 1.165) is 25.7 Å². The molecular weight excluding hydrogens is 214 g/mol. The van der Waals surface area contributed by atoms with E-state index in [1.807, 2.05) is 0 Å². The molecule has 1 rings (SSSR count). The minimum absolute atomic E-state index is 0.198. The molecule has 6 heteroatoms. The summed E-state index contributed by atoms with van der Waals surface area (Å²) in [6.07, 6.45) is 3.82. The van der Waals surface area contributed by atoms with Crippen LogP contribution in [-0.4, -0.2) is 50.3 Å². The summed E-state index contributed by atoms with van der Waals surface area (Å²) in [6, 6.07) is 0.198. The molecule has 0 radical (unpaired) electrons. The Balaban J connectivity index is 2.70. The first-order valence-electron chi connectivity index (χ1n) is 5.39. The van der Waals surface area contributed by atoms with Gasteiger partial charge >= 0.3 is 0 Å².